The zero-order valence-electron chi connectivity index (χ0n) is 21.7. The lowest BCUT2D eigenvalue weighted by Crippen LogP contribution is -2.68. The van der Waals surface area contributed by atoms with Crippen molar-refractivity contribution < 1.29 is 14.7 Å². The van der Waals surface area contributed by atoms with E-state index in [2.05, 4.69) is 54.2 Å². The topological polar surface area (TPSA) is 54.4 Å². The highest BCUT2D eigenvalue weighted by molar-refractivity contribution is 5.96. The van der Waals surface area contributed by atoms with Gasteiger partial charge in [0.25, 0.3) is 0 Å². The van der Waals surface area contributed by atoms with E-state index >= 15 is 0 Å². The molecule has 1 N–H and O–H groups in total. The average molecular weight is 453 g/mol. The van der Waals surface area contributed by atoms with Crippen molar-refractivity contribution in [3.8, 4) is 0 Å². The number of carbonyl (C=O) groups is 2. The molecular weight excluding hydrogens is 408 g/mol. The number of ketones is 1. The van der Waals surface area contributed by atoms with Gasteiger partial charge in [-0.3, -0.25) is 9.59 Å². The minimum absolute atomic E-state index is 0.0835. The molecule has 0 unspecified atom stereocenters. The Morgan fingerprint density at radius 1 is 0.970 bits per heavy atom. The summed E-state index contributed by atoms with van der Waals surface area (Å²) in [4.78, 5) is 26.3. The average Bonchev–Trinajstić information content (AvgIpc) is 3.09. The van der Waals surface area contributed by atoms with E-state index in [4.69, 9.17) is 0 Å². The third-order valence-corrected chi connectivity index (χ3v) is 12.6. The molecule has 0 aromatic heterocycles. The van der Waals surface area contributed by atoms with Crippen LogP contribution in [-0.2, 0) is 9.59 Å². The van der Waals surface area contributed by atoms with Crippen LogP contribution < -0.4 is 0 Å². The lowest BCUT2D eigenvalue weighted by atomic mass is 9.32. The summed E-state index contributed by atoms with van der Waals surface area (Å²) in [5.74, 6) is 1.45. The fraction of sp³-hybridized carbons (Fsp3) is 0.800. The quantitative estimate of drug-likeness (QED) is 0.456. The molecule has 5 aliphatic carbocycles. The molecule has 0 aromatic carbocycles. The summed E-state index contributed by atoms with van der Waals surface area (Å²) in [5, 5.41) is 11.1. The first-order chi connectivity index (χ1) is 15.3. The molecule has 0 heterocycles. The van der Waals surface area contributed by atoms with Gasteiger partial charge in [-0.2, -0.15) is 0 Å². The Bertz CT molecular complexity index is 944. The van der Waals surface area contributed by atoms with Gasteiger partial charge < -0.3 is 5.11 Å². The second-order valence-corrected chi connectivity index (χ2v) is 14.0. The van der Waals surface area contributed by atoms with Crippen LogP contribution >= 0.6 is 0 Å². The summed E-state index contributed by atoms with van der Waals surface area (Å²) >= 11 is 0. The third kappa shape index (κ3) is 2.63. The highest BCUT2D eigenvalue weighted by atomic mass is 16.4. The van der Waals surface area contributed by atoms with Crippen molar-refractivity contribution in [3.05, 3.63) is 24.3 Å². The van der Waals surface area contributed by atoms with Crippen LogP contribution in [0.3, 0.4) is 0 Å². The summed E-state index contributed by atoms with van der Waals surface area (Å²) in [6.45, 7) is 17.9. The second kappa shape index (κ2) is 6.85. The summed E-state index contributed by atoms with van der Waals surface area (Å²) in [6, 6.07) is 0. The van der Waals surface area contributed by atoms with E-state index in [9.17, 15) is 14.7 Å². The molecule has 0 saturated heterocycles. The van der Waals surface area contributed by atoms with Crippen LogP contribution in [0, 0.1) is 56.7 Å². The molecule has 0 aromatic rings. The molecule has 0 aliphatic heterocycles. The first-order valence-electron chi connectivity index (χ1n) is 13.4. The Labute approximate surface area is 200 Å². The number of allylic oxidation sites excluding steroid dienone is 3. The van der Waals surface area contributed by atoms with E-state index in [1.54, 1.807) is 6.08 Å². The fourth-order valence-corrected chi connectivity index (χ4v) is 10.8. The number of carboxylic acid groups (broad SMARTS) is 1. The van der Waals surface area contributed by atoms with E-state index < -0.39 is 16.8 Å². The number of carbonyl (C=O) groups excluding carboxylic acids is 1. The Morgan fingerprint density at radius 2 is 1.67 bits per heavy atom. The van der Waals surface area contributed by atoms with E-state index in [1.165, 1.54) is 18.4 Å². The molecule has 5 rings (SSSR count). The predicted octanol–water partition coefficient (Wildman–Crippen LogP) is 7.07. The lowest BCUT2D eigenvalue weighted by Gasteiger charge is -2.70. The van der Waals surface area contributed by atoms with Crippen molar-refractivity contribution >= 4 is 11.8 Å². The lowest BCUT2D eigenvalue weighted by molar-refractivity contribution is -0.232. The normalized spacial score (nSPS) is 52.3. The van der Waals surface area contributed by atoms with Gasteiger partial charge in [-0.1, -0.05) is 52.8 Å². The van der Waals surface area contributed by atoms with Crippen molar-refractivity contribution in [1.29, 1.82) is 0 Å². The highest BCUT2D eigenvalue weighted by Crippen LogP contribution is 2.76. The number of fused-ring (bicyclic) bond motifs is 7. The maximum Gasteiger partial charge on any atom is 0.310 e. The zero-order valence-corrected chi connectivity index (χ0v) is 21.7. The Balaban J connectivity index is 1.65. The third-order valence-electron chi connectivity index (χ3n) is 12.6. The molecular formula is C30H44O3. The maximum atomic E-state index is 13.5. The first kappa shape index (κ1) is 23.4. The SMILES string of the molecule is C=C(C)[C@@H]1CC[C@]2(C)CC[C@]3(C)[C@H](CC[C@H]4[C@@]5(C)C=CC(=O)C(C)(C)[C@H]5CC[C@]43C(=O)O)[C@@H]12. The van der Waals surface area contributed by atoms with E-state index in [0.717, 1.165) is 32.1 Å². The molecule has 3 heteroatoms. The van der Waals surface area contributed by atoms with Crippen LogP contribution in [0.2, 0.25) is 0 Å². The van der Waals surface area contributed by atoms with E-state index in [-0.39, 0.29) is 28.4 Å². The van der Waals surface area contributed by atoms with E-state index in [0.29, 0.717) is 29.6 Å². The molecule has 9 atom stereocenters. The molecule has 0 spiro atoms. The Hall–Kier alpha value is -1.38. The zero-order chi connectivity index (χ0) is 24.2. The van der Waals surface area contributed by atoms with Crippen LogP contribution in [-0.4, -0.2) is 16.9 Å². The van der Waals surface area contributed by atoms with Crippen molar-refractivity contribution in [1.82, 2.24) is 0 Å². The van der Waals surface area contributed by atoms with Gasteiger partial charge in [0.15, 0.2) is 5.78 Å². The van der Waals surface area contributed by atoms with Gasteiger partial charge in [0, 0.05) is 5.41 Å². The van der Waals surface area contributed by atoms with Crippen LogP contribution in [0.25, 0.3) is 0 Å². The minimum atomic E-state index is -0.717. The van der Waals surface area contributed by atoms with Crippen LogP contribution in [0.5, 0.6) is 0 Å². The predicted molar refractivity (Wildman–Crippen MR) is 132 cm³/mol. The fourth-order valence-electron chi connectivity index (χ4n) is 10.8. The van der Waals surface area contributed by atoms with Crippen LogP contribution in [0.4, 0.5) is 0 Å². The first-order valence-corrected chi connectivity index (χ1v) is 13.4. The summed E-state index contributed by atoms with van der Waals surface area (Å²) < 4.78 is 0. The largest absolute Gasteiger partial charge is 0.481 e. The standard InChI is InChI=1S/C30H44O3/c1-18(2)19-10-13-27(5)16-17-29(7)20(24(19)27)8-9-22-28(6)14-12-23(31)26(3,4)21(28)11-15-30(22,29)25(32)33/h12,14,19-22,24H,1,8-11,13,15-17H2,2-7H3,(H,32,33)/t19-,20+,21+,22-,24+,27+,28-,29+,30+/m0/s1. The van der Waals surface area contributed by atoms with Crippen molar-refractivity contribution in [3.63, 3.8) is 0 Å². The summed E-state index contributed by atoms with van der Waals surface area (Å²) in [7, 11) is 0. The van der Waals surface area contributed by atoms with Gasteiger partial charge in [-0.05, 0) is 110 Å². The van der Waals surface area contributed by atoms with Crippen molar-refractivity contribution in [2.45, 2.75) is 92.9 Å². The van der Waals surface area contributed by atoms with Gasteiger partial charge in [0.2, 0.25) is 0 Å². The molecule has 3 nitrogen and oxygen atoms in total. The number of rotatable bonds is 2. The second-order valence-electron chi connectivity index (χ2n) is 14.0. The molecule has 0 bridgehead atoms. The Morgan fingerprint density at radius 3 is 2.30 bits per heavy atom. The smallest absolute Gasteiger partial charge is 0.310 e. The van der Waals surface area contributed by atoms with Crippen LogP contribution in [0.1, 0.15) is 92.9 Å². The molecule has 0 amide bonds. The van der Waals surface area contributed by atoms with Crippen molar-refractivity contribution in [2.24, 2.45) is 56.7 Å². The summed E-state index contributed by atoms with van der Waals surface area (Å²) in [5.41, 5.74) is 0.0223. The molecule has 182 valence electrons. The molecule has 0 radical (unpaired) electrons. The minimum Gasteiger partial charge on any atom is -0.481 e. The van der Waals surface area contributed by atoms with Gasteiger partial charge in [-0.25, -0.2) is 0 Å². The summed E-state index contributed by atoms with van der Waals surface area (Å²) in [6.07, 6.45) is 12.2. The van der Waals surface area contributed by atoms with Crippen LogP contribution in [0.15, 0.2) is 24.3 Å². The molecule has 4 fully saturated rings. The van der Waals surface area contributed by atoms with E-state index in [1.807, 2.05) is 0 Å². The number of hydrogen-bond acceptors (Lipinski definition) is 2. The van der Waals surface area contributed by atoms with Gasteiger partial charge in [0.05, 0.1) is 5.41 Å². The monoisotopic (exact) mass is 452 g/mol. The maximum absolute atomic E-state index is 13.5. The van der Waals surface area contributed by atoms with Crippen molar-refractivity contribution in [2.75, 3.05) is 0 Å². The van der Waals surface area contributed by atoms with Gasteiger partial charge >= 0.3 is 5.97 Å². The number of aliphatic carboxylic acids is 1. The molecule has 4 saturated carbocycles. The molecule has 5 aliphatic rings. The number of carboxylic acids is 1. The highest BCUT2D eigenvalue weighted by Gasteiger charge is 2.74. The van der Waals surface area contributed by atoms with Gasteiger partial charge in [0.1, 0.15) is 0 Å². The molecule has 33 heavy (non-hydrogen) atoms. The van der Waals surface area contributed by atoms with Gasteiger partial charge in [-0.15, -0.1) is 0 Å². The number of hydrogen-bond donors (Lipinski definition) is 1. The Kier molecular flexibility index (Phi) is 4.85.